The van der Waals surface area contributed by atoms with Crippen molar-refractivity contribution in [2.75, 3.05) is 18.4 Å². The average Bonchev–Trinajstić information content (AvgIpc) is 2.98. The van der Waals surface area contributed by atoms with Crippen LogP contribution in [0.1, 0.15) is 46.4 Å². The number of sulfonamides is 1. The maximum Gasteiger partial charge on any atom is 0.255 e. The predicted molar refractivity (Wildman–Crippen MR) is 102 cm³/mol. The quantitative estimate of drug-likeness (QED) is 0.823. The Balaban J connectivity index is 1.70. The lowest BCUT2D eigenvalue weighted by atomic mass is 10.2. The summed E-state index contributed by atoms with van der Waals surface area (Å²) in [6.45, 7) is 1.04. The van der Waals surface area contributed by atoms with E-state index < -0.39 is 21.9 Å². The monoisotopic (exact) mass is 401 g/mol. The van der Waals surface area contributed by atoms with Crippen LogP contribution in [-0.4, -0.2) is 37.7 Å². The standard InChI is InChI=1S/C20H22N2O5S/c23-19(21-17-9-5-16(6-10-17)20(24)25)15-7-11-18(12-8-15)28(26,27)22-13-3-1-2-4-14-22/h5-12H,1-4,13-14H2,(H,21,23)(H,24,25)/p-1. The Labute approximate surface area is 164 Å². The number of hydrogen-bond acceptors (Lipinski definition) is 5. The highest BCUT2D eigenvalue weighted by atomic mass is 32.2. The van der Waals surface area contributed by atoms with Gasteiger partial charge in [-0.25, -0.2) is 8.42 Å². The molecule has 0 atom stereocenters. The zero-order chi connectivity index (χ0) is 20.1. The normalized spacial score (nSPS) is 15.6. The first-order valence-electron chi connectivity index (χ1n) is 9.11. The van der Waals surface area contributed by atoms with E-state index in [1.54, 1.807) is 0 Å². The summed E-state index contributed by atoms with van der Waals surface area (Å²) < 4.78 is 27.1. The van der Waals surface area contributed by atoms with Crippen molar-refractivity contribution >= 4 is 27.6 Å². The van der Waals surface area contributed by atoms with Gasteiger partial charge in [-0.1, -0.05) is 25.0 Å². The molecule has 1 N–H and O–H groups in total. The van der Waals surface area contributed by atoms with Crippen molar-refractivity contribution in [2.24, 2.45) is 0 Å². The van der Waals surface area contributed by atoms with Crippen molar-refractivity contribution in [3.63, 3.8) is 0 Å². The van der Waals surface area contributed by atoms with E-state index in [4.69, 9.17) is 0 Å². The summed E-state index contributed by atoms with van der Waals surface area (Å²) in [6.07, 6.45) is 3.79. The number of amides is 1. The highest BCUT2D eigenvalue weighted by Crippen LogP contribution is 2.21. The molecule has 2 aromatic rings. The summed E-state index contributed by atoms with van der Waals surface area (Å²) in [6, 6.07) is 11.4. The fourth-order valence-corrected chi connectivity index (χ4v) is 4.62. The maximum atomic E-state index is 12.8. The van der Waals surface area contributed by atoms with Crippen LogP contribution in [0.5, 0.6) is 0 Å². The number of nitrogens with one attached hydrogen (secondary N) is 1. The van der Waals surface area contributed by atoms with Gasteiger partial charge in [-0.05, 0) is 54.8 Å². The lowest BCUT2D eigenvalue weighted by molar-refractivity contribution is -0.255. The molecule has 1 aliphatic rings. The van der Waals surface area contributed by atoms with Crippen molar-refractivity contribution in [1.82, 2.24) is 4.31 Å². The van der Waals surface area contributed by atoms with Crippen molar-refractivity contribution in [1.29, 1.82) is 0 Å². The minimum absolute atomic E-state index is 0.0149. The van der Waals surface area contributed by atoms with Crippen LogP contribution >= 0.6 is 0 Å². The van der Waals surface area contributed by atoms with Gasteiger partial charge in [0.15, 0.2) is 0 Å². The molecule has 7 nitrogen and oxygen atoms in total. The number of rotatable bonds is 5. The number of carbonyl (C=O) groups excluding carboxylic acids is 2. The molecule has 148 valence electrons. The zero-order valence-electron chi connectivity index (χ0n) is 15.3. The van der Waals surface area contributed by atoms with E-state index in [0.717, 1.165) is 25.7 Å². The second-order valence-electron chi connectivity index (χ2n) is 6.66. The summed E-state index contributed by atoms with van der Waals surface area (Å²) in [4.78, 5) is 23.3. The minimum Gasteiger partial charge on any atom is -0.545 e. The molecule has 0 bridgehead atoms. The predicted octanol–water partition coefficient (Wildman–Crippen LogP) is 1.87. The van der Waals surface area contributed by atoms with Crippen LogP contribution in [0.15, 0.2) is 53.4 Å². The number of carboxylic acid groups (broad SMARTS) is 1. The lowest BCUT2D eigenvalue weighted by Gasteiger charge is -2.20. The SMILES string of the molecule is O=C([O-])c1ccc(NC(=O)c2ccc(S(=O)(=O)N3CCCCCC3)cc2)cc1. The highest BCUT2D eigenvalue weighted by Gasteiger charge is 2.25. The molecule has 0 unspecified atom stereocenters. The number of benzene rings is 2. The third-order valence-electron chi connectivity index (χ3n) is 4.70. The van der Waals surface area contributed by atoms with E-state index in [2.05, 4.69) is 5.32 Å². The Morgan fingerprint density at radius 1 is 0.821 bits per heavy atom. The Morgan fingerprint density at radius 2 is 1.36 bits per heavy atom. The Bertz CT molecular complexity index is 945. The van der Waals surface area contributed by atoms with Gasteiger partial charge < -0.3 is 15.2 Å². The van der Waals surface area contributed by atoms with Crippen molar-refractivity contribution < 1.29 is 23.1 Å². The molecule has 8 heteroatoms. The second-order valence-corrected chi connectivity index (χ2v) is 8.60. The van der Waals surface area contributed by atoms with Crippen LogP contribution in [0.3, 0.4) is 0 Å². The molecule has 3 rings (SSSR count). The highest BCUT2D eigenvalue weighted by molar-refractivity contribution is 7.89. The van der Waals surface area contributed by atoms with E-state index in [1.165, 1.54) is 52.8 Å². The largest absolute Gasteiger partial charge is 0.545 e. The van der Waals surface area contributed by atoms with Crippen LogP contribution in [-0.2, 0) is 10.0 Å². The molecular weight excluding hydrogens is 380 g/mol. The van der Waals surface area contributed by atoms with Crippen LogP contribution in [0.25, 0.3) is 0 Å². The Morgan fingerprint density at radius 3 is 1.89 bits per heavy atom. The van der Waals surface area contributed by atoms with Gasteiger partial charge in [-0.15, -0.1) is 0 Å². The molecule has 0 saturated carbocycles. The van der Waals surface area contributed by atoms with Gasteiger partial charge in [0.25, 0.3) is 5.91 Å². The summed E-state index contributed by atoms with van der Waals surface area (Å²) in [5.41, 5.74) is 0.746. The first kappa shape index (κ1) is 20.0. The summed E-state index contributed by atoms with van der Waals surface area (Å²) >= 11 is 0. The van der Waals surface area contributed by atoms with Gasteiger partial charge in [-0.2, -0.15) is 4.31 Å². The molecule has 0 aliphatic carbocycles. The number of anilines is 1. The Hall–Kier alpha value is -2.71. The molecule has 0 aromatic heterocycles. The molecule has 0 spiro atoms. The Kier molecular flexibility index (Phi) is 6.11. The van der Waals surface area contributed by atoms with Crippen LogP contribution < -0.4 is 10.4 Å². The fraction of sp³-hybridized carbons (Fsp3) is 0.300. The first-order valence-corrected chi connectivity index (χ1v) is 10.5. The summed E-state index contributed by atoms with van der Waals surface area (Å²) in [5, 5.41) is 13.4. The van der Waals surface area contributed by atoms with Crippen LogP contribution in [0.4, 0.5) is 5.69 Å². The molecule has 1 aliphatic heterocycles. The molecule has 1 fully saturated rings. The summed E-state index contributed by atoms with van der Waals surface area (Å²) in [5.74, 6) is -1.71. The topological polar surface area (TPSA) is 107 Å². The lowest BCUT2D eigenvalue weighted by Crippen LogP contribution is -2.31. The maximum absolute atomic E-state index is 12.8. The number of carboxylic acids is 1. The van der Waals surface area contributed by atoms with E-state index >= 15 is 0 Å². The molecule has 2 aromatic carbocycles. The number of nitrogens with zero attached hydrogens (tertiary/aromatic N) is 1. The van der Waals surface area contributed by atoms with Crippen molar-refractivity contribution in [3.05, 3.63) is 59.7 Å². The molecule has 28 heavy (non-hydrogen) atoms. The van der Waals surface area contributed by atoms with Crippen molar-refractivity contribution in [3.8, 4) is 0 Å². The number of hydrogen-bond donors (Lipinski definition) is 1. The van der Waals surface area contributed by atoms with Crippen LogP contribution in [0.2, 0.25) is 0 Å². The van der Waals surface area contributed by atoms with E-state index in [1.807, 2.05) is 0 Å². The van der Waals surface area contributed by atoms with Gasteiger partial charge in [0.05, 0.1) is 10.9 Å². The second kappa shape index (κ2) is 8.53. The van der Waals surface area contributed by atoms with Gasteiger partial charge in [-0.3, -0.25) is 4.79 Å². The van der Waals surface area contributed by atoms with Crippen molar-refractivity contribution in [2.45, 2.75) is 30.6 Å². The molecule has 1 saturated heterocycles. The van der Waals surface area contributed by atoms with Gasteiger partial charge >= 0.3 is 0 Å². The zero-order valence-corrected chi connectivity index (χ0v) is 16.1. The van der Waals surface area contributed by atoms with Crippen LogP contribution in [0, 0.1) is 0 Å². The molecule has 1 heterocycles. The number of carbonyl (C=O) groups is 2. The average molecular weight is 401 g/mol. The molecule has 0 radical (unpaired) electrons. The minimum atomic E-state index is -3.56. The van der Waals surface area contributed by atoms with Gasteiger partial charge in [0, 0.05) is 24.3 Å². The third-order valence-corrected chi connectivity index (χ3v) is 6.61. The molecule has 1 amide bonds. The van der Waals surface area contributed by atoms with E-state index in [-0.39, 0.29) is 10.5 Å². The third kappa shape index (κ3) is 4.58. The van der Waals surface area contributed by atoms with Gasteiger partial charge in [0.1, 0.15) is 0 Å². The van der Waals surface area contributed by atoms with E-state index in [0.29, 0.717) is 24.3 Å². The fourth-order valence-electron chi connectivity index (χ4n) is 3.10. The smallest absolute Gasteiger partial charge is 0.255 e. The molecular formula is C20H21N2O5S-. The van der Waals surface area contributed by atoms with Gasteiger partial charge in [0.2, 0.25) is 10.0 Å². The summed E-state index contributed by atoms with van der Waals surface area (Å²) in [7, 11) is -3.56. The first-order chi connectivity index (χ1) is 13.4. The van der Waals surface area contributed by atoms with E-state index in [9.17, 15) is 23.1 Å². The number of aromatic carboxylic acids is 1.